The first-order valence-corrected chi connectivity index (χ1v) is 12.0. The van der Waals surface area contributed by atoms with E-state index in [1.807, 2.05) is 0 Å². The number of hydrogen-bond donors (Lipinski definition) is 1. The third kappa shape index (κ3) is 5.25. The number of amides is 1. The molecule has 1 amide bonds. The predicted octanol–water partition coefficient (Wildman–Crippen LogP) is 3.58. The first kappa shape index (κ1) is 23.0. The van der Waals surface area contributed by atoms with E-state index in [-0.39, 0.29) is 5.91 Å². The number of benzene rings is 1. The summed E-state index contributed by atoms with van der Waals surface area (Å²) >= 11 is 6.48. The lowest BCUT2D eigenvalue weighted by Crippen LogP contribution is -2.57. The van der Waals surface area contributed by atoms with Crippen molar-refractivity contribution in [2.24, 2.45) is 0 Å². The number of carbonyl (C=O) groups excluding carboxylic acids is 1. The Hall–Kier alpha value is -2.15. The van der Waals surface area contributed by atoms with Crippen LogP contribution in [0.4, 0.5) is 5.82 Å². The van der Waals surface area contributed by atoms with Gasteiger partial charge in [0, 0.05) is 51.5 Å². The smallest absolute Gasteiger partial charge is 0.252 e. The van der Waals surface area contributed by atoms with Gasteiger partial charge < -0.3 is 10.2 Å². The highest BCUT2D eigenvalue weighted by Gasteiger charge is 2.32. The van der Waals surface area contributed by atoms with E-state index in [0.29, 0.717) is 22.7 Å². The van der Waals surface area contributed by atoms with Crippen LogP contribution in [0.3, 0.4) is 0 Å². The van der Waals surface area contributed by atoms with Crippen molar-refractivity contribution in [1.29, 1.82) is 0 Å². The van der Waals surface area contributed by atoms with E-state index in [9.17, 15) is 4.79 Å². The molecule has 2 aromatic rings. The number of likely N-dealkylation sites (tertiary alicyclic amines) is 1. The van der Waals surface area contributed by atoms with E-state index < -0.39 is 0 Å². The summed E-state index contributed by atoms with van der Waals surface area (Å²) in [6.45, 7) is 10.6. The van der Waals surface area contributed by atoms with E-state index in [0.717, 1.165) is 45.1 Å². The Balaban J connectivity index is 1.30. The van der Waals surface area contributed by atoms with Crippen LogP contribution in [-0.4, -0.2) is 72.5 Å². The molecule has 2 saturated heterocycles. The fraction of sp³-hybridized carbons (Fsp3) is 0.520. The van der Waals surface area contributed by atoms with Crippen LogP contribution in [0, 0.1) is 6.92 Å². The van der Waals surface area contributed by atoms with Crippen LogP contribution in [0.15, 0.2) is 36.5 Å². The van der Waals surface area contributed by atoms with E-state index in [1.54, 1.807) is 19.3 Å². The Morgan fingerprint density at radius 2 is 1.88 bits per heavy atom. The topological polar surface area (TPSA) is 51.7 Å². The molecule has 6 nitrogen and oxygen atoms in total. The fourth-order valence-corrected chi connectivity index (χ4v) is 5.29. The molecule has 0 radical (unpaired) electrons. The number of nitrogens with zero attached hydrogens (tertiary/aromatic N) is 4. The van der Waals surface area contributed by atoms with Crippen LogP contribution in [0.5, 0.6) is 0 Å². The second kappa shape index (κ2) is 10.2. The maximum Gasteiger partial charge on any atom is 0.252 e. The minimum atomic E-state index is -0.169. The lowest BCUT2D eigenvalue weighted by molar-refractivity contribution is 0.0690. The minimum absolute atomic E-state index is 0.169. The van der Waals surface area contributed by atoms with E-state index in [2.05, 4.69) is 63.1 Å². The number of carbonyl (C=O) groups is 1. The second-order valence-electron chi connectivity index (χ2n) is 9.13. The van der Waals surface area contributed by atoms with Crippen molar-refractivity contribution in [2.75, 3.05) is 44.7 Å². The number of anilines is 1. The van der Waals surface area contributed by atoms with Crippen molar-refractivity contribution >= 4 is 23.3 Å². The van der Waals surface area contributed by atoms with Crippen LogP contribution < -0.4 is 10.2 Å². The number of pyridine rings is 1. The van der Waals surface area contributed by atoms with Gasteiger partial charge in [-0.2, -0.15) is 0 Å². The van der Waals surface area contributed by atoms with Crippen LogP contribution in [0.25, 0.3) is 0 Å². The molecule has 2 aliphatic rings. The highest BCUT2D eigenvalue weighted by molar-refractivity contribution is 6.33. The van der Waals surface area contributed by atoms with Gasteiger partial charge in [-0.15, -0.1) is 0 Å². The summed E-state index contributed by atoms with van der Waals surface area (Å²) in [6, 6.07) is 11.7. The molecule has 1 aromatic heterocycles. The molecule has 1 aromatic carbocycles. The first-order chi connectivity index (χ1) is 15.4. The quantitative estimate of drug-likeness (QED) is 0.746. The van der Waals surface area contributed by atoms with Gasteiger partial charge in [0.25, 0.3) is 5.91 Å². The number of piperidine rings is 1. The van der Waals surface area contributed by atoms with Crippen LogP contribution in [0.1, 0.15) is 41.3 Å². The minimum Gasteiger partial charge on any atom is -0.355 e. The molecule has 4 rings (SSSR count). The molecule has 3 heterocycles. The van der Waals surface area contributed by atoms with E-state index in [1.165, 1.54) is 24.0 Å². The molecule has 0 spiro atoms. The molecule has 1 atom stereocenters. The number of piperazine rings is 1. The van der Waals surface area contributed by atoms with Gasteiger partial charge in [-0.25, -0.2) is 4.98 Å². The van der Waals surface area contributed by atoms with Crippen LogP contribution in [-0.2, 0) is 6.54 Å². The second-order valence-corrected chi connectivity index (χ2v) is 9.54. The number of nitrogens with one attached hydrogen (secondary N) is 1. The molecule has 172 valence electrons. The number of aromatic nitrogens is 1. The third-order valence-electron chi connectivity index (χ3n) is 6.84. The zero-order valence-electron chi connectivity index (χ0n) is 19.4. The number of hydrogen-bond acceptors (Lipinski definition) is 5. The van der Waals surface area contributed by atoms with E-state index in [4.69, 9.17) is 11.6 Å². The van der Waals surface area contributed by atoms with Gasteiger partial charge in [0.15, 0.2) is 0 Å². The average Bonchev–Trinajstić information content (AvgIpc) is 2.80. The lowest BCUT2D eigenvalue weighted by atomic mass is 9.99. The Labute approximate surface area is 196 Å². The fourth-order valence-electron chi connectivity index (χ4n) is 5.00. The van der Waals surface area contributed by atoms with Gasteiger partial charge in [-0.1, -0.05) is 41.4 Å². The largest absolute Gasteiger partial charge is 0.355 e. The Morgan fingerprint density at radius 1 is 1.16 bits per heavy atom. The molecular formula is C25H34ClN5O. The Morgan fingerprint density at radius 3 is 2.50 bits per heavy atom. The molecule has 7 heteroatoms. The Kier molecular flexibility index (Phi) is 7.33. The maximum atomic E-state index is 11.8. The van der Waals surface area contributed by atoms with Crippen molar-refractivity contribution in [3.05, 3.63) is 58.2 Å². The molecule has 0 aliphatic carbocycles. The number of aryl methyl sites for hydroxylation is 1. The number of halogens is 1. The molecular weight excluding hydrogens is 422 g/mol. The summed E-state index contributed by atoms with van der Waals surface area (Å²) in [7, 11) is 1.61. The maximum absolute atomic E-state index is 11.8. The van der Waals surface area contributed by atoms with Crippen molar-refractivity contribution in [3.63, 3.8) is 0 Å². The van der Waals surface area contributed by atoms with Gasteiger partial charge in [0.2, 0.25) is 0 Å². The zero-order valence-corrected chi connectivity index (χ0v) is 20.1. The summed E-state index contributed by atoms with van der Waals surface area (Å²) in [4.78, 5) is 23.8. The molecule has 0 bridgehead atoms. The molecule has 2 aliphatic heterocycles. The molecule has 0 saturated carbocycles. The molecule has 1 N–H and O–H groups in total. The van der Waals surface area contributed by atoms with Crippen molar-refractivity contribution in [3.8, 4) is 0 Å². The van der Waals surface area contributed by atoms with Gasteiger partial charge >= 0.3 is 0 Å². The predicted molar refractivity (Wildman–Crippen MR) is 130 cm³/mol. The molecule has 2 fully saturated rings. The molecule has 32 heavy (non-hydrogen) atoms. The summed E-state index contributed by atoms with van der Waals surface area (Å²) in [5.74, 6) is 0.608. The highest BCUT2D eigenvalue weighted by Crippen LogP contribution is 2.29. The Bertz CT molecular complexity index is 926. The molecule has 0 unspecified atom stereocenters. The normalized spacial score (nSPS) is 21.0. The first-order valence-electron chi connectivity index (χ1n) is 11.6. The lowest BCUT2D eigenvalue weighted by Gasteiger charge is -2.47. The third-order valence-corrected chi connectivity index (χ3v) is 7.12. The van der Waals surface area contributed by atoms with Crippen molar-refractivity contribution in [1.82, 2.24) is 20.1 Å². The van der Waals surface area contributed by atoms with Gasteiger partial charge in [-0.05, 0) is 51.4 Å². The standard InChI is InChI=1S/C25H34ClN5O/c1-18-4-6-20(7-5-18)17-29-10-8-22(9-11-29)31-13-12-30(16-19(31)2)24-23(26)14-21(15-28-24)25(32)27-3/h4-7,14-15,19,22H,8-13,16-17H2,1-3H3,(H,27,32)/t19-/m0/s1. The van der Waals surface area contributed by atoms with Crippen molar-refractivity contribution in [2.45, 2.75) is 45.3 Å². The highest BCUT2D eigenvalue weighted by atomic mass is 35.5. The van der Waals surface area contributed by atoms with Gasteiger partial charge in [0.1, 0.15) is 5.82 Å². The van der Waals surface area contributed by atoms with Gasteiger partial charge in [-0.3, -0.25) is 14.6 Å². The van der Waals surface area contributed by atoms with Crippen LogP contribution >= 0.6 is 11.6 Å². The average molecular weight is 456 g/mol. The van der Waals surface area contributed by atoms with Gasteiger partial charge in [0.05, 0.1) is 10.6 Å². The summed E-state index contributed by atoms with van der Waals surface area (Å²) in [5, 5.41) is 3.15. The van der Waals surface area contributed by atoms with Crippen LogP contribution in [0.2, 0.25) is 5.02 Å². The SMILES string of the molecule is CNC(=O)c1cnc(N2CCN(C3CCN(Cc4ccc(C)cc4)CC3)[C@@H](C)C2)c(Cl)c1. The van der Waals surface area contributed by atoms with Crippen molar-refractivity contribution < 1.29 is 4.79 Å². The summed E-state index contributed by atoms with van der Waals surface area (Å²) in [6.07, 6.45) is 4.05. The monoisotopic (exact) mass is 455 g/mol. The van der Waals surface area contributed by atoms with E-state index >= 15 is 0 Å². The summed E-state index contributed by atoms with van der Waals surface area (Å²) in [5.41, 5.74) is 3.22. The number of rotatable bonds is 5. The zero-order chi connectivity index (χ0) is 22.7. The summed E-state index contributed by atoms with van der Waals surface area (Å²) < 4.78 is 0.